The van der Waals surface area contributed by atoms with Crippen molar-refractivity contribution < 1.29 is 4.79 Å². The van der Waals surface area contributed by atoms with Crippen LogP contribution in [0.4, 0.5) is 5.69 Å². The van der Waals surface area contributed by atoms with E-state index >= 15 is 0 Å². The molecule has 0 saturated heterocycles. The standard InChI is InChI=1S/C18H14N4O2S/c23-16(12-21-8-2-1-3-17(21)24)19-14-6-4-13(5-7-14)15-11-22-9-10-25-18(22)20-15/h1-11H,12H2,(H,19,23). The molecule has 0 atom stereocenters. The fourth-order valence-electron chi connectivity index (χ4n) is 2.54. The highest BCUT2D eigenvalue weighted by atomic mass is 32.1. The van der Waals surface area contributed by atoms with Crippen LogP contribution in [0, 0.1) is 0 Å². The largest absolute Gasteiger partial charge is 0.325 e. The van der Waals surface area contributed by atoms with E-state index in [2.05, 4.69) is 10.3 Å². The average Bonchev–Trinajstić information content (AvgIpc) is 3.19. The number of hydrogen-bond donors (Lipinski definition) is 1. The third-order valence-electron chi connectivity index (χ3n) is 3.77. The Balaban J connectivity index is 1.47. The quantitative estimate of drug-likeness (QED) is 0.615. The van der Waals surface area contributed by atoms with Crippen LogP contribution < -0.4 is 10.9 Å². The van der Waals surface area contributed by atoms with Gasteiger partial charge < -0.3 is 9.88 Å². The number of hydrogen-bond acceptors (Lipinski definition) is 4. The summed E-state index contributed by atoms with van der Waals surface area (Å²) >= 11 is 1.58. The number of imidazole rings is 1. The summed E-state index contributed by atoms with van der Waals surface area (Å²) in [4.78, 5) is 29.2. The molecule has 0 saturated carbocycles. The van der Waals surface area contributed by atoms with Crippen LogP contribution in [0.25, 0.3) is 16.2 Å². The second kappa shape index (κ2) is 6.37. The van der Waals surface area contributed by atoms with Crippen molar-refractivity contribution in [2.45, 2.75) is 6.54 Å². The van der Waals surface area contributed by atoms with E-state index in [1.54, 1.807) is 29.7 Å². The van der Waals surface area contributed by atoms with Gasteiger partial charge >= 0.3 is 0 Å². The molecule has 7 heteroatoms. The Labute approximate surface area is 147 Å². The van der Waals surface area contributed by atoms with Gasteiger partial charge in [-0.1, -0.05) is 18.2 Å². The van der Waals surface area contributed by atoms with Gasteiger partial charge in [0.05, 0.1) is 5.69 Å². The van der Waals surface area contributed by atoms with E-state index in [9.17, 15) is 9.59 Å². The number of carbonyl (C=O) groups is 1. The Hall–Kier alpha value is -3.19. The minimum Gasteiger partial charge on any atom is -0.325 e. The molecule has 1 amide bonds. The van der Waals surface area contributed by atoms with Crippen LogP contribution in [0.3, 0.4) is 0 Å². The summed E-state index contributed by atoms with van der Waals surface area (Å²) in [6.45, 7) is -0.0151. The zero-order chi connectivity index (χ0) is 17.2. The van der Waals surface area contributed by atoms with E-state index in [0.29, 0.717) is 5.69 Å². The van der Waals surface area contributed by atoms with E-state index in [4.69, 9.17) is 0 Å². The Morgan fingerprint density at radius 2 is 1.96 bits per heavy atom. The molecule has 4 rings (SSSR count). The van der Waals surface area contributed by atoms with Crippen LogP contribution in [0.1, 0.15) is 0 Å². The molecule has 25 heavy (non-hydrogen) atoms. The topological polar surface area (TPSA) is 68.4 Å². The molecule has 0 radical (unpaired) electrons. The molecule has 3 aromatic heterocycles. The fraction of sp³-hybridized carbons (Fsp3) is 0.0556. The summed E-state index contributed by atoms with van der Waals surface area (Å²) < 4.78 is 3.34. The van der Waals surface area contributed by atoms with Gasteiger partial charge in [0.15, 0.2) is 4.96 Å². The maximum atomic E-state index is 12.1. The van der Waals surface area contributed by atoms with E-state index in [-0.39, 0.29) is 18.0 Å². The van der Waals surface area contributed by atoms with Gasteiger partial charge in [-0.15, -0.1) is 11.3 Å². The maximum absolute atomic E-state index is 12.1. The normalized spacial score (nSPS) is 10.9. The molecule has 0 aliphatic carbocycles. The summed E-state index contributed by atoms with van der Waals surface area (Å²) in [7, 11) is 0. The highest BCUT2D eigenvalue weighted by Gasteiger charge is 2.07. The van der Waals surface area contributed by atoms with E-state index < -0.39 is 0 Å². The van der Waals surface area contributed by atoms with Gasteiger partial charge in [-0.25, -0.2) is 4.98 Å². The first-order valence-corrected chi connectivity index (χ1v) is 8.55. The summed E-state index contributed by atoms with van der Waals surface area (Å²) in [6.07, 6.45) is 5.53. The molecule has 0 aliphatic heterocycles. The molecule has 1 N–H and O–H groups in total. The van der Waals surface area contributed by atoms with Crippen molar-refractivity contribution in [1.82, 2.24) is 14.0 Å². The second-order valence-corrected chi connectivity index (χ2v) is 6.38. The van der Waals surface area contributed by atoms with Crippen molar-refractivity contribution in [2.75, 3.05) is 5.32 Å². The first kappa shape index (κ1) is 15.3. The number of anilines is 1. The van der Waals surface area contributed by atoms with Crippen LogP contribution in [-0.4, -0.2) is 19.9 Å². The molecule has 1 aromatic carbocycles. The zero-order valence-electron chi connectivity index (χ0n) is 13.1. The number of thiazole rings is 1. The van der Waals surface area contributed by atoms with Gasteiger partial charge in [-0.05, 0) is 18.2 Å². The van der Waals surface area contributed by atoms with Gasteiger partial charge in [0, 0.05) is 41.3 Å². The number of nitrogens with one attached hydrogen (secondary N) is 1. The minimum atomic E-state index is -0.247. The lowest BCUT2D eigenvalue weighted by Gasteiger charge is -2.07. The minimum absolute atomic E-state index is 0.0151. The molecule has 6 nitrogen and oxygen atoms in total. The molecule has 3 heterocycles. The van der Waals surface area contributed by atoms with Crippen LogP contribution in [0.2, 0.25) is 0 Å². The number of pyridine rings is 1. The molecule has 0 aliphatic rings. The van der Waals surface area contributed by atoms with Crippen LogP contribution in [-0.2, 0) is 11.3 Å². The Morgan fingerprint density at radius 1 is 1.12 bits per heavy atom. The first-order chi connectivity index (χ1) is 12.2. The predicted octanol–water partition coefficient (Wildman–Crippen LogP) is 2.86. The van der Waals surface area contributed by atoms with Crippen molar-refractivity contribution in [3.8, 4) is 11.3 Å². The smallest absolute Gasteiger partial charge is 0.250 e. The van der Waals surface area contributed by atoms with Gasteiger partial charge in [-0.2, -0.15) is 0 Å². The summed E-state index contributed by atoms with van der Waals surface area (Å²) in [6, 6.07) is 12.3. The highest BCUT2D eigenvalue weighted by molar-refractivity contribution is 7.15. The number of rotatable bonds is 4. The second-order valence-electron chi connectivity index (χ2n) is 5.51. The Kier molecular flexibility index (Phi) is 3.91. The maximum Gasteiger partial charge on any atom is 0.250 e. The molecule has 4 aromatic rings. The summed E-state index contributed by atoms with van der Waals surface area (Å²) in [5.74, 6) is -0.247. The van der Waals surface area contributed by atoms with E-state index in [0.717, 1.165) is 16.2 Å². The van der Waals surface area contributed by atoms with Crippen molar-refractivity contribution in [2.24, 2.45) is 0 Å². The molecule has 0 unspecified atom stereocenters. The van der Waals surface area contributed by atoms with Crippen LogP contribution in [0.15, 0.2) is 71.2 Å². The van der Waals surface area contributed by atoms with Gasteiger partial charge in [-0.3, -0.25) is 14.0 Å². The Morgan fingerprint density at radius 3 is 2.72 bits per heavy atom. The highest BCUT2D eigenvalue weighted by Crippen LogP contribution is 2.23. The molecule has 124 valence electrons. The number of amides is 1. The van der Waals surface area contributed by atoms with Crippen molar-refractivity contribution in [3.05, 3.63) is 76.8 Å². The van der Waals surface area contributed by atoms with Gasteiger partial charge in [0.2, 0.25) is 5.91 Å². The summed E-state index contributed by atoms with van der Waals surface area (Å²) in [5.41, 5.74) is 2.35. The number of aromatic nitrogens is 3. The van der Waals surface area contributed by atoms with Crippen molar-refractivity contribution in [3.63, 3.8) is 0 Å². The first-order valence-electron chi connectivity index (χ1n) is 7.67. The third kappa shape index (κ3) is 3.22. The lowest BCUT2D eigenvalue weighted by molar-refractivity contribution is -0.116. The SMILES string of the molecule is O=C(Cn1ccccc1=O)Nc1ccc(-c2cn3ccsc3n2)cc1. The molecule has 0 fully saturated rings. The van der Waals surface area contributed by atoms with Crippen molar-refractivity contribution >= 4 is 27.9 Å². The lowest BCUT2D eigenvalue weighted by atomic mass is 10.1. The van der Waals surface area contributed by atoms with Crippen LogP contribution in [0.5, 0.6) is 0 Å². The number of fused-ring (bicyclic) bond motifs is 1. The summed E-state index contributed by atoms with van der Waals surface area (Å²) in [5, 5.41) is 4.78. The average molecular weight is 350 g/mol. The van der Waals surface area contributed by atoms with E-state index in [1.165, 1.54) is 10.6 Å². The van der Waals surface area contributed by atoms with Gasteiger partial charge in [0.1, 0.15) is 6.54 Å². The number of benzene rings is 1. The van der Waals surface area contributed by atoms with Crippen LogP contribution >= 0.6 is 11.3 Å². The number of nitrogens with zero attached hydrogens (tertiary/aromatic N) is 3. The molecular formula is C18H14N4O2S. The lowest BCUT2D eigenvalue weighted by Crippen LogP contribution is -2.26. The third-order valence-corrected chi connectivity index (χ3v) is 4.54. The van der Waals surface area contributed by atoms with Crippen molar-refractivity contribution in [1.29, 1.82) is 0 Å². The Bertz CT molecular complexity index is 1060. The monoisotopic (exact) mass is 350 g/mol. The molecule has 0 bridgehead atoms. The van der Waals surface area contributed by atoms with Gasteiger partial charge in [0.25, 0.3) is 5.56 Å². The number of carbonyl (C=O) groups excluding carboxylic acids is 1. The zero-order valence-corrected chi connectivity index (χ0v) is 13.9. The fourth-order valence-corrected chi connectivity index (χ4v) is 3.24. The van der Waals surface area contributed by atoms with E-state index in [1.807, 2.05) is 46.4 Å². The molecule has 0 spiro atoms. The molecular weight excluding hydrogens is 336 g/mol. The predicted molar refractivity (Wildman–Crippen MR) is 97.8 cm³/mol.